The van der Waals surface area contributed by atoms with Crippen molar-refractivity contribution in [3.8, 4) is 5.75 Å². The fourth-order valence-corrected chi connectivity index (χ4v) is 2.37. The molecule has 5 nitrogen and oxygen atoms in total. The van der Waals surface area contributed by atoms with Crippen molar-refractivity contribution in [3.63, 3.8) is 0 Å². The van der Waals surface area contributed by atoms with Crippen molar-refractivity contribution in [3.05, 3.63) is 24.5 Å². The number of aromatic nitrogens is 1. The molecular formula is C16H26N2O3. The molecule has 2 heterocycles. The third-order valence-electron chi connectivity index (χ3n) is 3.36. The Morgan fingerprint density at radius 3 is 2.76 bits per heavy atom. The van der Waals surface area contributed by atoms with Gasteiger partial charge in [0.1, 0.15) is 11.9 Å². The Morgan fingerprint density at radius 2 is 2.10 bits per heavy atom. The zero-order valence-electron chi connectivity index (χ0n) is 13.2. The SMILES string of the molecule is CC(C)(C)OCC(O)CN1CCC(Oc2ccncc2)C1. The summed E-state index contributed by atoms with van der Waals surface area (Å²) >= 11 is 0. The van der Waals surface area contributed by atoms with Gasteiger partial charge in [-0.05, 0) is 39.3 Å². The van der Waals surface area contributed by atoms with Gasteiger partial charge in [0.15, 0.2) is 0 Å². The van der Waals surface area contributed by atoms with Crippen LogP contribution in [0.2, 0.25) is 0 Å². The van der Waals surface area contributed by atoms with Crippen molar-refractivity contribution in [2.24, 2.45) is 0 Å². The minimum Gasteiger partial charge on any atom is -0.489 e. The Labute approximate surface area is 126 Å². The molecule has 1 aliphatic rings. The van der Waals surface area contributed by atoms with E-state index in [9.17, 15) is 5.11 Å². The zero-order valence-corrected chi connectivity index (χ0v) is 13.2. The van der Waals surface area contributed by atoms with E-state index in [2.05, 4.69) is 9.88 Å². The molecule has 1 aliphatic heterocycles. The lowest BCUT2D eigenvalue weighted by Crippen LogP contribution is -2.36. The molecule has 5 heteroatoms. The average molecular weight is 294 g/mol. The number of hydrogen-bond acceptors (Lipinski definition) is 5. The molecule has 0 saturated carbocycles. The van der Waals surface area contributed by atoms with Gasteiger partial charge in [0.2, 0.25) is 0 Å². The molecule has 21 heavy (non-hydrogen) atoms. The highest BCUT2D eigenvalue weighted by Crippen LogP contribution is 2.18. The Kier molecular flexibility index (Phi) is 5.56. The second-order valence-corrected chi connectivity index (χ2v) is 6.55. The summed E-state index contributed by atoms with van der Waals surface area (Å²) in [5.41, 5.74) is -0.209. The van der Waals surface area contributed by atoms with Gasteiger partial charge in [-0.2, -0.15) is 0 Å². The van der Waals surface area contributed by atoms with Crippen molar-refractivity contribution < 1.29 is 14.6 Å². The van der Waals surface area contributed by atoms with Crippen LogP contribution in [0.3, 0.4) is 0 Å². The van der Waals surface area contributed by atoms with Crippen LogP contribution in [0.5, 0.6) is 5.75 Å². The van der Waals surface area contributed by atoms with Crippen LogP contribution in [0.15, 0.2) is 24.5 Å². The number of ether oxygens (including phenoxy) is 2. The number of aliphatic hydroxyl groups excluding tert-OH is 1. The summed E-state index contributed by atoms with van der Waals surface area (Å²) in [6.07, 6.45) is 4.17. The standard InChI is InChI=1S/C16H26N2O3/c1-16(2,3)20-12-13(19)10-18-9-6-15(11-18)21-14-4-7-17-8-5-14/h4-5,7-8,13,15,19H,6,9-12H2,1-3H3. The largest absolute Gasteiger partial charge is 0.489 e. The molecule has 2 rings (SSSR count). The number of likely N-dealkylation sites (tertiary alicyclic amines) is 1. The van der Waals surface area contributed by atoms with Gasteiger partial charge < -0.3 is 14.6 Å². The van der Waals surface area contributed by atoms with Gasteiger partial charge in [0, 0.05) is 32.0 Å². The smallest absolute Gasteiger partial charge is 0.122 e. The Hall–Kier alpha value is -1.17. The second-order valence-electron chi connectivity index (χ2n) is 6.55. The monoisotopic (exact) mass is 294 g/mol. The molecule has 0 aliphatic carbocycles. The molecule has 2 unspecified atom stereocenters. The van der Waals surface area contributed by atoms with Crippen LogP contribution in [0.4, 0.5) is 0 Å². The number of pyridine rings is 1. The summed E-state index contributed by atoms with van der Waals surface area (Å²) in [4.78, 5) is 6.20. The lowest BCUT2D eigenvalue weighted by Gasteiger charge is -2.24. The molecule has 2 atom stereocenters. The van der Waals surface area contributed by atoms with Gasteiger partial charge in [-0.25, -0.2) is 0 Å². The van der Waals surface area contributed by atoms with E-state index in [-0.39, 0.29) is 11.7 Å². The maximum Gasteiger partial charge on any atom is 0.122 e. The molecule has 1 aromatic heterocycles. The first-order chi connectivity index (χ1) is 9.92. The van der Waals surface area contributed by atoms with Gasteiger partial charge in [0.25, 0.3) is 0 Å². The number of nitrogens with zero attached hydrogens (tertiary/aromatic N) is 2. The van der Waals surface area contributed by atoms with Crippen LogP contribution in [-0.4, -0.2) is 59.0 Å². The predicted molar refractivity (Wildman–Crippen MR) is 81.4 cm³/mol. The highest BCUT2D eigenvalue weighted by Gasteiger charge is 2.26. The van der Waals surface area contributed by atoms with E-state index in [0.29, 0.717) is 13.2 Å². The molecule has 1 N–H and O–H groups in total. The van der Waals surface area contributed by atoms with Crippen molar-refractivity contribution in [1.82, 2.24) is 9.88 Å². The topological polar surface area (TPSA) is 54.8 Å². The Morgan fingerprint density at radius 1 is 1.38 bits per heavy atom. The Balaban J connectivity index is 1.70. The summed E-state index contributed by atoms with van der Waals surface area (Å²) in [5, 5.41) is 10.0. The molecule has 1 saturated heterocycles. The number of rotatable bonds is 6. The number of β-amino-alcohol motifs (C(OH)–C–C–N with tert-alkyl or cyclic N) is 1. The van der Waals surface area contributed by atoms with Crippen molar-refractivity contribution >= 4 is 0 Å². The summed E-state index contributed by atoms with van der Waals surface area (Å²) in [5.74, 6) is 0.855. The maximum atomic E-state index is 10.0. The quantitative estimate of drug-likeness (QED) is 0.865. The van der Waals surface area contributed by atoms with E-state index in [4.69, 9.17) is 9.47 Å². The molecule has 0 radical (unpaired) electrons. The van der Waals surface area contributed by atoms with Crippen LogP contribution >= 0.6 is 0 Å². The van der Waals surface area contributed by atoms with E-state index < -0.39 is 6.10 Å². The highest BCUT2D eigenvalue weighted by molar-refractivity contribution is 5.17. The van der Waals surface area contributed by atoms with Gasteiger partial charge in [0.05, 0.1) is 18.3 Å². The maximum absolute atomic E-state index is 10.0. The van der Waals surface area contributed by atoms with Crippen molar-refractivity contribution in [2.75, 3.05) is 26.2 Å². The van der Waals surface area contributed by atoms with E-state index in [0.717, 1.165) is 25.3 Å². The van der Waals surface area contributed by atoms with Crippen LogP contribution in [0.25, 0.3) is 0 Å². The molecule has 0 aromatic carbocycles. The van der Waals surface area contributed by atoms with Crippen LogP contribution in [0, 0.1) is 0 Å². The lowest BCUT2D eigenvalue weighted by molar-refractivity contribution is -0.0551. The van der Waals surface area contributed by atoms with Gasteiger partial charge in [-0.15, -0.1) is 0 Å². The van der Waals surface area contributed by atoms with Crippen LogP contribution < -0.4 is 4.74 Å². The zero-order chi connectivity index (χ0) is 15.3. The van der Waals surface area contributed by atoms with Crippen molar-refractivity contribution in [1.29, 1.82) is 0 Å². The first kappa shape index (κ1) is 16.2. The van der Waals surface area contributed by atoms with Gasteiger partial charge >= 0.3 is 0 Å². The molecule has 1 fully saturated rings. The van der Waals surface area contributed by atoms with E-state index in [1.54, 1.807) is 12.4 Å². The highest BCUT2D eigenvalue weighted by atomic mass is 16.5. The molecular weight excluding hydrogens is 268 g/mol. The molecule has 1 aromatic rings. The summed E-state index contributed by atoms with van der Waals surface area (Å²) in [7, 11) is 0. The molecule has 0 spiro atoms. The summed E-state index contributed by atoms with van der Waals surface area (Å²) in [6, 6.07) is 3.74. The Bertz CT molecular complexity index is 419. The lowest BCUT2D eigenvalue weighted by atomic mass is 10.2. The fraction of sp³-hybridized carbons (Fsp3) is 0.688. The van der Waals surface area contributed by atoms with E-state index >= 15 is 0 Å². The predicted octanol–water partition coefficient (Wildman–Crippen LogP) is 1.71. The van der Waals surface area contributed by atoms with E-state index in [1.165, 1.54) is 0 Å². The minimum absolute atomic E-state index is 0.183. The molecule has 118 valence electrons. The normalized spacial score (nSPS) is 21.4. The number of hydrogen-bond donors (Lipinski definition) is 1. The minimum atomic E-state index is -0.455. The first-order valence-corrected chi connectivity index (χ1v) is 7.53. The van der Waals surface area contributed by atoms with Crippen LogP contribution in [-0.2, 0) is 4.74 Å². The van der Waals surface area contributed by atoms with Crippen LogP contribution in [0.1, 0.15) is 27.2 Å². The third-order valence-corrected chi connectivity index (χ3v) is 3.36. The average Bonchev–Trinajstić information content (AvgIpc) is 2.84. The summed E-state index contributed by atoms with van der Waals surface area (Å²) in [6.45, 7) is 8.77. The first-order valence-electron chi connectivity index (χ1n) is 7.53. The van der Waals surface area contributed by atoms with Gasteiger partial charge in [-0.1, -0.05) is 0 Å². The third kappa shape index (κ3) is 5.99. The van der Waals surface area contributed by atoms with Crippen molar-refractivity contribution in [2.45, 2.75) is 45.0 Å². The van der Waals surface area contributed by atoms with E-state index in [1.807, 2.05) is 32.9 Å². The summed E-state index contributed by atoms with van der Waals surface area (Å²) < 4.78 is 11.5. The number of aliphatic hydroxyl groups is 1. The molecule has 0 amide bonds. The second kappa shape index (κ2) is 7.20. The van der Waals surface area contributed by atoms with Gasteiger partial charge in [-0.3, -0.25) is 9.88 Å². The fourth-order valence-electron chi connectivity index (χ4n) is 2.37. The molecule has 0 bridgehead atoms.